The molecule has 5 rings (SSSR count). The maximum atomic E-state index is 11.6. The molecule has 2 unspecified atom stereocenters. The van der Waals surface area contributed by atoms with E-state index < -0.39 is 0 Å². The lowest BCUT2D eigenvalue weighted by molar-refractivity contribution is -0.141. The molecule has 35 heavy (non-hydrogen) atoms. The minimum Gasteiger partial charge on any atom is -0.492 e. The fourth-order valence-electron chi connectivity index (χ4n) is 5.14. The molecule has 6 heteroatoms. The first-order valence-corrected chi connectivity index (χ1v) is 11.8. The van der Waals surface area contributed by atoms with Crippen LogP contribution in [-0.4, -0.2) is 33.4 Å². The Morgan fingerprint density at radius 1 is 1.00 bits per heavy atom. The van der Waals surface area contributed by atoms with Gasteiger partial charge >= 0.3 is 5.97 Å². The van der Waals surface area contributed by atoms with E-state index >= 15 is 0 Å². The molecule has 3 aromatic rings. The molecular formula is C29H30O6. The normalized spacial score (nSPS) is 17.8. The van der Waals surface area contributed by atoms with Crippen LogP contribution in [0.5, 0.6) is 17.2 Å². The molecule has 0 spiro atoms. The lowest BCUT2D eigenvalue weighted by Gasteiger charge is -2.17. The van der Waals surface area contributed by atoms with E-state index in [4.69, 9.17) is 23.7 Å². The Hall–Kier alpha value is -3.51. The molecule has 0 bridgehead atoms. The summed E-state index contributed by atoms with van der Waals surface area (Å²) < 4.78 is 28.2. The fraction of sp³-hybridized carbons (Fsp3) is 0.345. The number of aryl methyl sites for hydroxylation is 1. The van der Waals surface area contributed by atoms with Crippen LogP contribution < -0.4 is 14.2 Å². The van der Waals surface area contributed by atoms with Crippen LogP contribution in [0, 0.1) is 13.8 Å². The van der Waals surface area contributed by atoms with Gasteiger partial charge < -0.3 is 23.7 Å². The molecule has 2 aliphatic heterocycles. The lowest BCUT2D eigenvalue weighted by atomic mass is 9.90. The van der Waals surface area contributed by atoms with Crippen molar-refractivity contribution in [2.45, 2.75) is 38.9 Å². The topological polar surface area (TPSA) is 63.2 Å². The number of hydrogen-bond donors (Lipinski definition) is 0. The van der Waals surface area contributed by atoms with Crippen LogP contribution >= 0.6 is 0 Å². The van der Waals surface area contributed by atoms with E-state index in [1.54, 1.807) is 7.11 Å². The molecule has 0 radical (unpaired) electrons. The van der Waals surface area contributed by atoms with Gasteiger partial charge in [-0.25, -0.2) is 0 Å². The van der Waals surface area contributed by atoms with Gasteiger partial charge in [-0.05, 0) is 59.9 Å². The molecule has 0 fully saturated rings. The number of esters is 1. The minimum atomic E-state index is -0.231. The first-order chi connectivity index (χ1) is 17.0. The Labute approximate surface area is 205 Å². The summed E-state index contributed by atoms with van der Waals surface area (Å²) in [5.41, 5.74) is 7.96. The first-order valence-electron chi connectivity index (χ1n) is 11.8. The quantitative estimate of drug-likeness (QED) is 0.411. The second-order valence-electron chi connectivity index (χ2n) is 9.12. The zero-order chi connectivity index (χ0) is 24.5. The number of benzene rings is 3. The molecular weight excluding hydrogens is 444 g/mol. The van der Waals surface area contributed by atoms with Crippen LogP contribution in [0.3, 0.4) is 0 Å². The summed E-state index contributed by atoms with van der Waals surface area (Å²) >= 11 is 0. The Morgan fingerprint density at radius 3 is 2.63 bits per heavy atom. The highest BCUT2D eigenvalue weighted by molar-refractivity contribution is 5.75. The molecule has 182 valence electrons. The Balaban J connectivity index is 1.33. The van der Waals surface area contributed by atoms with E-state index in [9.17, 15) is 4.79 Å². The molecule has 0 aliphatic carbocycles. The van der Waals surface area contributed by atoms with Gasteiger partial charge in [-0.2, -0.15) is 0 Å². The highest BCUT2D eigenvalue weighted by atomic mass is 16.5. The summed E-state index contributed by atoms with van der Waals surface area (Å²) in [4.78, 5) is 11.6. The minimum absolute atomic E-state index is 0.0186. The van der Waals surface area contributed by atoms with Crippen molar-refractivity contribution in [1.82, 2.24) is 0 Å². The van der Waals surface area contributed by atoms with Gasteiger partial charge in [0.15, 0.2) is 0 Å². The highest BCUT2D eigenvalue weighted by Crippen LogP contribution is 2.43. The van der Waals surface area contributed by atoms with E-state index in [0.29, 0.717) is 26.2 Å². The van der Waals surface area contributed by atoms with Gasteiger partial charge in [-0.3, -0.25) is 4.79 Å². The molecule has 0 N–H and O–H groups in total. The summed E-state index contributed by atoms with van der Waals surface area (Å²) in [6.45, 7) is 5.73. The molecule has 2 aliphatic rings. The monoisotopic (exact) mass is 474 g/mol. The fourth-order valence-corrected chi connectivity index (χ4v) is 5.14. The van der Waals surface area contributed by atoms with E-state index in [-0.39, 0.29) is 18.0 Å². The summed E-state index contributed by atoms with van der Waals surface area (Å²) in [5.74, 6) is 2.21. The first kappa shape index (κ1) is 23.2. The number of fused-ring (bicyclic) bond motifs is 2. The third-order valence-corrected chi connectivity index (χ3v) is 6.91. The van der Waals surface area contributed by atoms with Crippen LogP contribution in [0.25, 0.3) is 11.1 Å². The molecule has 3 aromatic carbocycles. The van der Waals surface area contributed by atoms with E-state index in [1.165, 1.54) is 23.8 Å². The van der Waals surface area contributed by atoms with Crippen molar-refractivity contribution in [3.63, 3.8) is 0 Å². The Kier molecular flexibility index (Phi) is 6.39. The predicted molar refractivity (Wildman–Crippen MR) is 132 cm³/mol. The highest BCUT2D eigenvalue weighted by Gasteiger charge is 2.29. The van der Waals surface area contributed by atoms with Crippen molar-refractivity contribution in [3.05, 3.63) is 76.3 Å². The number of ether oxygens (including phenoxy) is 5. The van der Waals surface area contributed by atoms with E-state index in [0.717, 1.165) is 39.5 Å². The molecule has 0 amide bonds. The SMILES string of the molecule is COC(=O)CC1COc2cc(OCc3cccc(-c4c(C)cc5c(c4C)C(OC)CO5)c3)ccc21. The molecule has 0 saturated carbocycles. The van der Waals surface area contributed by atoms with Crippen LogP contribution in [0.1, 0.15) is 46.3 Å². The molecule has 2 heterocycles. The molecule has 2 atom stereocenters. The van der Waals surface area contributed by atoms with Crippen molar-refractivity contribution >= 4 is 5.97 Å². The molecule has 0 aromatic heterocycles. The average molecular weight is 475 g/mol. The van der Waals surface area contributed by atoms with Gasteiger partial charge in [0.2, 0.25) is 0 Å². The summed E-state index contributed by atoms with van der Waals surface area (Å²) in [6, 6.07) is 16.4. The van der Waals surface area contributed by atoms with E-state index in [2.05, 4.69) is 44.2 Å². The third-order valence-electron chi connectivity index (χ3n) is 6.91. The van der Waals surface area contributed by atoms with Crippen molar-refractivity contribution in [3.8, 4) is 28.4 Å². The molecule has 6 nitrogen and oxygen atoms in total. The Bertz CT molecular complexity index is 1260. The van der Waals surface area contributed by atoms with Crippen molar-refractivity contribution in [2.24, 2.45) is 0 Å². The van der Waals surface area contributed by atoms with Crippen LogP contribution in [-0.2, 0) is 20.9 Å². The largest absolute Gasteiger partial charge is 0.492 e. The predicted octanol–water partition coefficient (Wildman–Crippen LogP) is 5.67. The number of rotatable bonds is 7. The van der Waals surface area contributed by atoms with E-state index in [1.807, 2.05) is 18.2 Å². The van der Waals surface area contributed by atoms with Crippen LogP contribution in [0.4, 0.5) is 0 Å². The standard InChI is InChI=1S/C29H30O6/c1-17-10-25-29(26(31-3)16-35-25)18(2)28(17)20-7-5-6-19(11-20)14-33-22-8-9-23-21(12-27(30)32-4)15-34-24(23)13-22/h5-11,13,21,26H,12,14-16H2,1-4H3. The zero-order valence-corrected chi connectivity index (χ0v) is 20.6. The zero-order valence-electron chi connectivity index (χ0n) is 20.6. The number of carbonyl (C=O) groups is 1. The van der Waals surface area contributed by atoms with Crippen LogP contribution in [0.15, 0.2) is 48.5 Å². The van der Waals surface area contributed by atoms with Crippen molar-refractivity contribution in [2.75, 3.05) is 27.4 Å². The van der Waals surface area contributed by atoms with Crippen LogP contribution in [0.2, 0.25) is 0 Å². The van der Waals surface area contributed by atoms with Crippen molar-refractivity contribution in [1.29, 1.82) is 0 Å². The van der Waals surface area contributed by atoms with Gasteiger partial charge in [0, 0.05) is 30.2 Å². The summed E-state index contributed by atoms with van der Waals surface area (Å²) in [5, 5.41) is 0. The number of hydrogen-bond acceptors (Lipinski definition) is 6. The van der Waals surface area contributed by atoms with Gasteiger partial charge in [0.1, 0.15) is 36.6 Å². The second kappa shape index (κ2) is 9.62. The number of methoxy groups -OCH3 is 2. The van der Waals surface area contributed by atoms with Gasteiger partial charge in [-0.15, -0.1) is 0 Å². The maximum Gasteiger partial charge on any atom is 0.306 e. The Morgan fingerprint density at radius 2 is 1.83 bits per heavy atom. The summed E-state index contributed by atoms with van der Waals surface area (Å²) in [7, 11) is 3.13. The lowest BCUT2D eigenvalue weighted by Crippen LogP contribution is -2.09. The molecule has 0 saturated heterocycles. The smallest absolute Gasteiger partial charge is 0.306 e. The van der Waals surface area contributed by atoms with Gasteiger partial charge in [-0.1, -0.05) is 24.3 Å². The average Bonchev–Trinajstić information content (AvgIpc) is 3.46. The number of carbonyl (C=O) groups excluding carboxylic acids is 1. The maximum absolute atomic E-state index is 11.6. The third kappa shape index (κ3) is 4.46. The van der Waals surface area contributed by atoms with Gasteiger partial charge in [0.05, 0.1) is 20.1 Å². The second-order valence-corrected chi connectivity index (χ2v) is 9.12. The van der Waals surface area contributed by atoms with Crippen molar-refractivity contribution < 1.29 is 28.5 Å². The summed E-state index contributed by atoms with van der Waals surface area (Å²) in [6.07, 6.45) is 0.278. The van der Waals surface area contributed by atoms with Gasteiger partial charge in [0.25, 0.3) is 0 Å².